The Morgan fingerprint density at radius 1 is 1.40 bits per heavy atom. The molecular weight excluding hydrogens is 262 g/mol. The van der Waals surface area contributed by atoms with Gasteiger partial charge in [-0.2, -0.15) is 0 Å². The van der Waals surface area contributed by atoms with E-state index in [4.69, 9.17) is 4.74 Å². The molecule has 0 aliphatic carbocycles. The lowest BCUT2D eigenvalue weighted by Crippen LogP contribution is -2.44. The maximum Gasteiger partial charge on any atom is 0.343 e. The summed E-state index contributed by atoms with van der Waals surface area (Å²) in [6, 6.07) is 0. The number of H-pyrrole nitrogens is 2. The second-order valence-electron chi connectivity index (χ2n) is 4.53. The van der Waals surface area contributed by atoms with Crippen LogP contribution in [-0.2, 0) is 4.74 Å². The van der Waals surface area contributed by atoms with Crippen molar-refractivity contribution in [3.8, 4) is 0 Å². The van der Waals surface area contributed by atoms with Crippen LogP contribution in [-0.4, -0.2) is 54.2 Å². The monoisotopic (exact) mass is 277 g/mol. The van der Waals surface area contributed by atoms with Gasteiger partial charge < -0.3 is 24.9 Å². The predicted molar refractivity (Wildman–Crippen MR) is 73.1 cm³/mol. The SMILES string of the molecule is COC(=O)c1c(N2CCNCC2)[nH]c2c(=O)[nH]cnc12. The average Bonchev–Trinajstić information content (AvgIpc) is 2.88. The Morgan fingerprint density at radius 2 is 2.15 bits per heavy atom. The first kappa shape index (κ1) is 12.7. The van der Waals surface area contributed by atoms with Gasteiger partial charge in [-0.05, 0) is 0 Å². The molecule has 20 heavy (non-hydrogen) atoms. The number of hydrogen-bond acceptors (Lipinski definition) is 6. The van der Waals surface area contributed by atoms with Crippen molar-refractivity contribution in [2.45, 2.75) is 0 Å². The fourth-order valence-corrected chi connectivity index (χ4v) is 2.42. The zero-order chi connectivity index (χ0) is 14.1. The van der Waals surface area contributed by atoms with E-state index in [1.807, 2.05) is 4.90 Å². The first-order valence-corrected chi connectivity index (χ1v) is 6.35. The highest BCUT2D eigenvalue weighted by Crippen LogP contribution is 2.26. The van der Waals surface area contributed by atoms with Gasteiger partial charge in [0, 0.05) is 26.2 Å². The maximum absolute atomic E-state index is 12.0. The average molecular weight is 277 g/mol. The number of anilines is 1. The van der Waals surface area contributed by atoms with Crippen LogP contribution < -0.4 is 15.8 Å². The number of aromatic nitrogens is 3. The fraction of sp³-hybridized carbons (Fsp3) is 0.417. The van der Waals surface area contributed by atoms with Crippen molar-refractivity contribution < 1.29 is 9.53 Å². The number of methoxy groups -OCH3 is 1. The zero-order valence-corrected chi connectivity index (χ0v) is 11.0. The Balaban J connectivity index is 2.21. The number of piperazine rings is 1. The van der Waals surface area contributed by atoms with E-state index < -0.39 is 5.97 Å². The summed E-state index contributed by atoms with van der Waals surface area (Å²) in [6.45, 7) is 3.13. The van der Waals surface area contributed by atoms with Crippen LogP contribution in [0.2, 0.25) is 0 Å². The number of carbonyl (C=O) groups is 1. The standard InChI is InChI=1S/C12H15N5O3/c1-20-12(19)7-8-9(11(18)15-6-14-8)16-10(7)17-4-2-13-3-5-17/h6,13,16H,2-5H2,1H3,(H,14,15,18). The number of rotatable bonds is 2. The van der Waals surface area contributed by atoms with Crippen molar-refractivity contribution in [3.63, 3.8) is 0 Å². The zero-order valence-electron chi connectivity index (χ0n) is 11.0. The number of ether oxygens (including phenoxy) is 1. The summed E-state index contributed by atoms with van der Waals surface area (Å²) >= 11 is 0. The fourth-order valence-electron chi connectivity index (χ4n) is 2.42. The largest absolute Gasteiger partial charge is 0.465 e. The maximum atomic E-state index is 12.0. The van der Waals surface area contributed by atoms with Gasteiger partial charge in [0.2, 0.25) is 0 Å². The van der Waals surface area contributed by atoms with Gasteiger partial charge in [0.25, 0.3) is 5.56 Å². The quantitative estimate of drug-likeness (QED) is 0.636. The van der Waals surface area contributed by atoms with E-state index in [0.29, 0.717) is 22.4 Å². The van der Waals surface area contributed by atoms with Crippen LogP contribution in [0, 0.1) is 0 Å². The van der Waals surface area contributed by atoms with Crippen molar-refractivity contribution in [2.24, 2.45) is 0 Å². The minimum atomic E-state index is -0.497. The Morgan fingerprint density at radius 3 is 2.85 bits per heavy atom. The van der Waals surface area contributed by atoms with E-state index in [0.717, 1.165) is 26.2 Å². The van der Waals surface area contributed by atoms with Crippen LogP contribution >= 0.6 is 0 Å². The second kappa shape index (κ2) is 4.97. The van der Waals surface area contributed by atoms with Gasteiger partial charge in [-0.3, -0.25) is 4.79 Å². The van der Waals surface area contributed by atoms with Gasteiger partial charge in [0.15, 0.2) is 0 Å². The van der Waals surface area contributed by atoms with Crippen molar-refractivity contribution in [2.75, 3.05) is 38.2 Å². The summed E-state index contributed by atoms with van der Waals surface area (Å²) in [5.41, 5.74) is 0.646. The Labute approximate surface area is 114 Å². The topological polar surface area (TPSA) is 103 Å². The molecule has 0 saturated carbocycles. The lowest BCUT2D eigenvalue weighted by molar-refractivity contribution is 0.0603. The summed E-state index contributed by atoms with van der Waals surface area (Å²) in [5.74, 6) is 0.0976. The highest BCUT2D eigenvalue weighted by Gasteiger charge is 2.26. The molecule has 0 bridgehead atoms. The van der Waals surface area contributed by atoms with Crippen LogP contribution in [0.25, 0.3) is 11.0 Å². The normalized spacial score (nSPS) is 15.6. The number of esters is 1. The summed E-state index contributed by atoms with van der Waals surface area (Å²) in [5, 5.41) is 3.24. The van der Waals surface area contributed by atoms with E-state index in [1.54, 1.807) is 0 Å². The van der Waals surface area contributed by atoms with Gasteiger partial charge in [0.05, 0.1) is 13.4 Å². The number of hydrogen-bond donors (Lipinski definition) is 3. The Bertz CT molecular complexity index is 699. The third-order valence-corrected chi connectivity index (χ3v) is 3.39. The van der Waals surface area contributed by atoms with Crippen molar-refractivity contribution >= 4 is 22.8 Å². The summed E-state index contributed by atoms with van der Waals surface area (Å²) in [4.78, 5) is 35.5. The van der Waals surface area contributed by atoms with E-state index >= 15 is 0 Å². The molecule has 3 heterocycles. The number of fused-ring (bicyclic) bond motifs is 1. The van der Waals surface area contributed by atoms with E-state index in [1.165, 1.54) is 13.4 Å². The van der Waals surface area contributed by atoms with Gasteiger partial charge >= 0.3 is 5.97 Å². The molecule has 0 spiro atoms. The van der Waals surface area contributed by atoms with Crippen LogP contribution in [0.3, 0.4) is 0 Å². The van der Waals surface area contributed by atoms with E-state index in [2.05, 4.69) is 20.3 Å². The van der Waals surface area contributed by atoms with Crippen LogP contribution in [0.4, 0.5) is 5.82 Å². The molecule has 8 heteroatoms. The minimum absolute atomic E-state index is 0.293. The van der Waals surface area contributed by atoms with Gasteiger partial charge in [-0.1, -0.05) is 0 Å². The number of carbonyl (C=O) groups excluding carboxylic acids is 1. The lowest BCUT2D eigenvalue weighted by atomic mass is 10.2. The lowest BCUT2D eigenvalue weighted by Gasteiger charge is -2.28. The molecule has 2 aromatic heterocycles. The second-order valence-corrected chi connectivity index (χ2v) is 4.53. The smallest absolute Gasteiger partial charge is 0.343 e. The highest BCUT2D eigenvalue weighted by atomic mass is 16.5. The molecule has 3 N–H and O–H groups in total. The first-order valence-electron chi connectivity index (χ1n) is 6.35. The molecule has 0 unspecified atom stereocenters. The third kappa shape index (κ3) is 1.94. The molecule has 8 nitrogen and oxygen atoms in total. The number of aromatic amines is 2. The van der Waals surface area contributed by atoms with E-state index in [-0.39, 0.29) is 5.56 Å². The summed E-state index contributed by atoms with van der Waals surface area (Å²) in [6.07, 6.45) is 1.28. The molecular formula is C12H15N5O3. The van der Waals surface area contributed by atoms with Crippen LogP contribution in [0.15, 0.2) is 11.1 Å². The molecule has 1 aliphatic rings. The van der Waals surface area contributed by atoms with Gasteiger partial charge in [-0.25, -0.2) is 9.78 Å². The molecule has 2 aromatic rings. The molecule has 0 radical (unpaired) electrons. The van der Waals surface area contributed by atoms with E-state index in [9.17, 15) is 9.59 Å². The van der Waals surface area contributed by atoms with Gasteiger partial charge in [-0.15, -0.1) is 0 Å². The Hall–Kier alpha value is -2.35. The number of nitrogens with zero attached hydrogens (tertiary/aromatic N) is 2. The molecule has 1 saturated heterocycles. The van der Waals surface area contributed by atoms with Crippen molar-refractivity contribution in [1.82, 2.24) is 20.3 Å². The van der Waals surface area contributed by atoms with Crippen LogP contribution in [0.1, 0.15) is 10.4 Å². The molecule has 0 amide bonds. The molecule has 3 rings (SSSR count). The first-order chi connectivity index (χ1) is 9.72. The van der Waals surface area contributed by atoms with Crippen molar-refractivity contribution in [3.05, 3.63) is 22.2 Å². The molecule has 1 fully saturated rings. The van der Waals surface area contributed by atoms with Gasteiger partial charge in [0.1, 0.15) is 22.4 Å². The summed E-state index contributed by atoms with van der Waals surface area (Å²) < 4.78 is 4.82. The number of nitrogens with one attached hydrogen (secondary N) is 3. The molecule has 0 aromatic carbocycles. The molecule has 0 atom stereocenters. The van der Waals surface area contributed by atoms with Crippen molar-refractivity contribution in [1.29, 1.82) is 0 Å². The summed E-state index contributed by atoms with van der Waals surface area (Å²) in [7, 11) is 1.32. The minimum Gasteiger partial charge on any atom is -0.465 e. The molecule has 1 aliphatic heterocycles. The van der Waals surface area contributed by atoms with Crippen LogP contribution in [0.5, 0.6) is 0 Å². The molecule has 106 valence electrons. The third-order valence-electron chi connectivity index (χ3n) is 3.39. The Kier molecular flexibility index (Phi) is 3.15. The highest BCUT2D eigenvalue weighted by molar-refractivity contribution is 6.07. The predicted octanol–water partition coefficient (Wildman–Crippen LogP) is -0.553.